The first-order chi connectivity index (χ1) is 5.40. The molecule has 2 aliphatic rings. The van der Waals surface area contributed by atoms with Gasteiger partial charge in [0.25, 0.3) is 0 Å². The molecule has 1 nitrogen and oxygen atoms in total. The summed E-state index contributed by atoms with van der Waals surface area (Å²) in [6.07, 6.45) is 9.71. The number of allylic oxidation sites excluding steroid dienone is 3. The summed E-state index contributed by atoms with van der Waals surface area (Å²) in [5.74, 6) is 1.12. The Labute approximate surface area is 76.1 Å². The molecule has 2 aliphatic carbocycles. The SMILES string of the molecule is [GeH3][O]C1=CC2=C([CH]1)CCCC2. The average molecular weight is 210 g/mol. The fraction of sp³-hybridized carbons (Fsp3) is 0.444. The van der Waals surface area contributed by atoms with Gasteiger partial charge in [-0.1, -0.05) is 0 Å². The van der Waals surface area contributed by atoms with Crippen molar-refractivity contribution in [2.75, 3.05) is 0 Å². The van der Waals surface area contributed by atoms with Crippen molar-refractivity contribution < 1.29 is 3.76 Å². The van der Waals surface area contributed by atoms with E-state index in [1.54, 1.807) is 0 Å². The molecule has 0 fully saturated rings. The van der Waals surface area contributed by atoms with Crippen molar-refractivity contribution in [3.63, 3.8) is 0 Å². The van der Waals surface area contributed by atoms with Gasteiger partial charge in [0, 0.05) is 0 Å². The molecule has 0 aliphatic heterocycles. The Morgan fingerprint density at radius 1 is 1.18 bits per heavy atom. The van der Waals surface area contributed by atoms with Crippen molar-refractivity contribution >= 4 is 16.9 Å². The van der Waals surface area contributed by atoms with Gasteiger partial charge in [-0.3, -0.25) is 0 Å². The number of hydrogen-bond acceptors (Lipinski definition) is 1. The Morgan fingerprint density at radius 3 is 2.55 bits per heavy atom. The average Bonchev–Trinajstić information content (AvgIpc) is 2.46. The topological polar surface area (TPSA) is 9.23 Å². The summed E-state index contributed by atoms with van der Waals surface area (Å²) in [4.78, 5) is 0. The summed E-state index contributed by atoms with van der Waals surface area (Å²) in [5, 5.41) is 0. The first kappa shape index (κ1) is 7.47. The molecule has 0 amide bonds. The zero-order valence-corrected chi connectivity index (χ0v) is 11.1. The maximum atomic E-state index is 5.35. The van der Waals surface area contributed by atoms with Crippen LogP contribution in [0.2, 0.25) is 0 Å². The van der Waals surface area contributed by atoms with Gasteiger partial charge < -0.3 is 0 Å². The molecule has 11 heavy (non-hydrogen) atoms. The molecule has 0 saturated heterocycles. The molecular formula is C9H13GeO. The molecule has 0 heterocycles. The minimum atomic E-state index is 0.490. The van der Waals surface area contributed by atoms with E-state index in [1.165, 1.54) is 36.8 Å². The second-order valence-corrected chi connectivity index (χ2v) is 4.01. The van der Waals surface area contributed by atoms with E-state index in [-0.39, 0.29) is 0 Å². The fourth-order valence-corrected chi connectivity index (χ4v) is 2.28. The maximum absolute atomic E-state index is 5.35. The number of hydrogen-bond donors (Lipinski definition) is 0. The van der Waals surface area contributed by atoms with Gasteiger partial charge in [-0.2, -0.15) is 0 Å². The van der Waals surface area contributed by atoms with Gasteiger partial charge in [0.1, 0.15) is 0 Å². The van der Waals surface area contributed by atoms with E-state index >= 15 is 0 Å². The molecule has 0 atom stereocenters. The molecule has 0 aromatic carbocycles. The molecule has 1 radical (unpaired) electrons. The van der Waals surface area contributed by atoms with Crippen LogP contribution in [0.4, 0.5) is 0 Å². The number of rotatable bonds is 1. The third kappa shape index (κ3) is 1.39. The quantitative estimate of drug-likeness (QED) is 0.591. The van der Waals surface area contributed by atoms with Crippen molar-refractivity contribution in [2.24, 2.45) is 0 Å². The van der Waals surface area contributed by atoms with Crippen LogP contribution in [0.3, 0.4) is 0 Å². The Morgan fingerprint density at radius 2 is 1.91 bits per heavy atom. The van der Waals surface area contributed by atoms with Gasteiger partial charge in [-0.15, -0.1) is 0 Å². The second kappa shape index (κ2) is 3.05. The molecular weight excluding hydrogens is 197 g/mol. The standard InChI is InChI=1S/C9H13GeO/c10-11-9-5-7-3-1-2-4-8(7)6-9/h5-6H,1-4H2,10H3. The summed E-state index contributed by atoms with van der Waals surface area (Å²) in [6.45, 7) is 0. The molecule has 0 bridgehead atoms. The summed E-state index contributed by atoms with van der Waals surface area (Å²) in [7, 11) is 0. The Bertz CT molecular complexity index is 228. The molecule has 0 N–H and O–H groups in total. The molecule has 0 unspecified atom stereocenters. The van der Waals surface area contributed by atoms with Crippen LogP contribution in [-0.4, -0.2) is 16.9 Å². The molecule has 59 valence electrons. The third-order valence-corrected chi connectivity index (χ3v) is 3.41. The summed E-state index contributed by atoms with van der Waals surface area (Å²) in [5.41, 5.74) is 3.08. The van der Waals surface area contributed by atoms with E-state index in [0.29, 0.717) is 16.9 Å². The Hall–Kier alpha value is -0.177. The van der Waals surface area contributed by atoms with Crippen LogP contribution in [0.25, 0.3) is 0 Å². The molecule has 0 aromatic heterocycles. The molecule has 0 aromatic rings. The first-order valence-electron chi connectivity index (χ1n) is 4.22. The normalized spacial score (nSPS) is 23.5. The van der Waals surface area contributed by atoms with Crippen molar-refractivity contribution in [1.82, 2.24) is 0 Å². The molecule has 2 rings (SSSR count). The van der Waals surface area contributed by atoms with E-state index in [1.807, 2.05) is 0 Å². The van der Waals surface area contributed by atoms with E-state index in [9.17, 15) is 0 Å². The zero-order valence-electron chi connectivity index (χ0n) is 6.89. The molecule has 0 saturated carbocycles. The van der Waals surface area contributed by atoms with Crippen molar-refractivity contribution in [3.05, 3.63) is 29.4 Å². The van der Waals surface area contributed by atoms with Crippen LogP contribution in [0, 0.1) is 6.42 Å². The summed E-state index contributed by atoms with van der Waals surface area (Å²) >= 11 is 0.490. The van der Waals surface area contributed by atoms with Gasteiger partial charge in [-0.05, 0) is 0 Å². The second-order valence-electron chi connectivity index (χ2n) is 3.15. The van der Waals surface area contributed by atoms with Gasteiger partial charge in [-0.25, -0.2) is 0 Å². The van der Waals surface area contributed by atoms with Gasteiger partial charge in [0.05, 0.1) is 0 Å². The van der Waals surface area contributed by atoms with Crippen molar-refractivity contribution in [2.45, 2.75) is 25.7 Å². The van der Waals surface area contributed by atoms with Crippen LogP contribution in [0.15, 0.2) is 23.0 Å². The van der Waals surface area contributed by atoms with Gasteiger partial charge in [0.15, 0.2) is 0 Å². The van der Waals surface area contributed by atoms with Crippen molar-refractivity contribution in [3.8, 4) is 0 Å². The first-order valence-corrected chi connectivity index (χ1v) is 5.94. The summed E-state index contributed by atoms with van der Waals surface area (Å²) < 4.78 is 5.35. The Kier molecular flexibility index (Phi) is 2.07. The monoisotopic (exact) mass is 211 g/mol. The van der Waals surface area contributed by atoms with Crippen LogP contribution in [-0.2, 0) is 3.76 Å². The predicted molar refractivity (Wildman–Crippen MR) is 48.9 cm³/mol. The van der Waals surface area contributed by atoms with E-state index < -0.39 is 0 Å². The fourth-order valence-electron chi connectivity index (χ4n) is 1.78. The molecule has 2 heteroatoms. The minimum absolute atomic E-state index is 0.490. The van der Waals surface area contributed by atoms with Crippen LogP contribution >= 0.6 is 0 Å². The Balaban J connectivity index is 2.14. The van der Waals surface area contributed by atoms with Crippen LogP contribution < -0.4 is 0 Å². The van der Waals surface area contributed by atoms with Crippen LogP contribution in [0.5, 0.6) is 0 Å². The molecule has 0 spiro atoms. The predicted octanol–water partition coefficient (Wildman–Crippen LogP) is 1.26. The zero-order chi connectivity index (χ0) is 7.68. The summed E-state index contributed by atoms with van der Waals surface area (Å²) in [6, 6.07) is 0. The van der Waals surface area contributed by atoms with E-state index in [4.69, 9.17) is 3.76 Å². The van der Waals surface area contributed by atoms with E-state index in [0.717, 1.165) is 5.76 Å². The van der Waals surface area contributed by atoms with Crippen LogP contribution in [0.1, 0.15) is 25.7 Å². The third-order valence-electron chi connectivity index (χ3n) is 2.42. The van der Waals surface area contributed by atoms with Gasteiger partial charge in [0.2, 0.25) is 0 Å². The van der Waals surface area contributed by atoms with Gasteiger partial charge >= 0.3 is 75.7 Å². The van der Waals surface area contributed by atoms with E-state index in [2.05, 4.69) is 12.5 Å². The van der Waals surface area contributed by atoms with Crippen molar-refractivity contribution in [1.29, 1.82) is 0 Å².